The van der Waals surface area contributed by atoms with Crippen LogP contribution >= 0.6 is 11.8 Å². The number of ether oxygens (including phenoxy) is 1. The summed E-state index contributed by atoms with van der Waals surface area (Å²) in [7, 11) is 1.83. The fraction of sp³-hybridized carbons (Fsp3) is 0.222. The van der Waals surface area contributed by atoms with E-state index >= 15 is 0 Å². The fourth-order valence-corrected chi connectivity index (χ4v) is 3.31. The summed E-state index contributed by atoms with van der Waals surface area (Å²) in [5.41, 5.74) is 1.29. The Morgan fingerprint density at radius 1 is 1.11 bits per heavy atom. The Labute approximate surface area is 158 Å². The van der Waals surface area contributed by atoms with Crippen LogP contribution in [0.3, 0.4) is 0 Å². The fourth-order valence-electron chi connectivity index (χ4n) is 2.42. The highest BCUT2D eigenvalue weighted by Gasteiger charge is 2.21. The molecule has 0 saturated heterocycles. The van der Waals surface area contributed by atoms with Crippen molar-refractivity contribution < 1.29 is 18.3 Å². The van der Waals surface area contributed by atoms with E-state index in [9.17, 15) is 13.6 Å². The van der Waals surface area contributed by atoms with Gasteiger partial charge in [0, 0.05) is 30.6 Å². The first kappa shape index (κ1) is 19.0. The monoisotopic (exact) mass is 390 g/mol. The van der Waals surface area contributed by atoms with Gasteiger partial charge in [0.25, 0.3) is 0 Å². The molecule has 0 unspecified atom stereocenters. The topological polar surface area (TPSA) is 69.9 Å². The number of alkyl halides is 2. The van der Waals surface area contributed by atoms with Gasteiger partial charge in [-0.2, -0.15) is 8.78 Å². The van der Waals surface area contributed by atoms with E-state index in [1.54, 1.807) is 19.3 Å². The van der Waals surface area contributed by atoms with Crippen LogP contribution in [0.5, 0.6) is 5.75 Å². The molecule has 9 heteroatoms. The highest BCUT2D eigenvalue weighted by molar-refractivity contribution is 8.00. The minimum atomic E-state index is -2.90. The second kappa shape index (κ2) is 8.26. The lowest BCUT2D eigenvalue weighted by Crippen LogP contribution is -2.14. The number of nitrogens with zero attached hydrogens (tertiary/aromatic N) is 4. The van der Waals surface area contributed by atoms with Crippen molar-refractivity contribution in [2.75, 3.05) is 0 Å². The summed E-state index contributed by atoms with van der Waals surface area (Å²) in [5.74, 6) is 0.544. The van der Waals surface area contributed by atoms with Crippen LogP contribution in [0.1, 0.15) is 17.3 Å². The van der Waals surface area contributed by atoms with E-state index in [1.807, 2.05) is 23.7 Å². The molecule has 140 valence electrons. The van der Waals surface area contributed by atoms with Crippen molar-refractivity contribution in [3.63, 3.8) is 0 Å². The van der Waals surface area contributed by atoms with Crippen LogP contribution < -0.4 is 4.74 Å². The number of thioether (sulfide) groups is 1. The molecule has 3 rings (SSSR count). The second-order valence-electron chi connectivity index (χ2n) is 5.63. The van der Waals surface area contributed by atoms with Crippen LogP contribution in [0, 0.1) is 0 Å². The number of rotatable bonds is 7. The quantitative estimate of drug-likeness (QED) is 0.451. The van der Waals surface area contributed by atoms with Crippen molar-refractivity contribution in [3.05, 3.63) is 54.4 Å². The highest BCUT2D eigenvalue weighted by Crippen LogP contribution is 2.27. The van der Waals surface area contributed by atoms with Crippen molar-refractivity contribution >= 4 is 17.5 Å². The number of pyridine rings is 1. The van der Waals surface area contributed by atoms with Gasteiger partial charge < -0.3 is 9.30 Å². The maximum Gasteiger partial charge on any atom is 0.387 e. The lowest BCUT2D eigenvalue weighted by molar-refractivity contribution is -0.0498. The number of carbonyl (C=O) groups is 1. The number of halogens is 2. The van der Waals surface area contributed by atoms with Gasteiger partial charge in [-0.25, -0.2) is 0 Å². The largest absolute Gasteiger partial charge is 0.435 e. The number of Topliss-reactive ketones (excluding diaryl/α,β-unsaturated/α-hetero) is 1. The Hall–Kier alpha value is -2.81. The predicted molar refractivity (Wildman–Crippen MR) is 97.0 cm³/mol. The van der Waals surface area contributed by atoms with Crippen molar-refractivity contribution in [2.45, 2.75) is 23.9 Å². The Bertz CT molecular complexity index is 917. The van der Waals surface area contributed by atoms with Crippen LogP contribution in [-0.4, -0.2) is 37.4 Å². The SMILES string of the molecule is C[C@@H](Sc1nnc(-c2ccncc2)n1C)C(=O)c1ccc(OC(F)F)cc1. The number of hydrogen-bond donors (Lipinski definition) is 0. The van der Waals surface area contributed by atoms with Gasteiger partial charge in [0.05, 0.1) is 5.25 Å². The third-order valence-corrected chi connectivity index (χ3v) is 4.92. The molecular weight excluding hydrogens is 374 g/mol. The summed E-state index contributed by atoms with van der Waals surface area (Å²) in [6.07, 6.45) is 3.34. The third kappa shape index (κ3) is 4.48. The van der Waals surface area contributed by atoms with Crippen LogP contribution in [0.25, 0.3) is 11.4 Å². The summed E-state index contributed by atoms with van der Waals surface area (Å²) in [6, 6.07) is 9.29. The molecule has 0 fully saturated rings. The molecule has 1 atom stereocenters. The van der Waals surface area contributed by atoms with Crippen molar-refractivity contribution in [1.82, 2.24) is 19.7 Å². The van der Waals surface area contributed by atoms with Gasteiger partial charge in [0.15, 0.2) is 16.8 Å². The van der Waals surface area contributed by atoms with Crippen LogP contribution in [0.15, 0.2) is 53.9 Å². The molecule has 2 aromatic heterocycles. The Kier molecular flexibility index (Phi) is 5.80. The maximum absolute atomic E-state index is 12.6. The predicted octanol–water partition coefficient (Wildman–Crippen LogP) is 3.84. The minimum absolute atomic E-state index is 0.0113. The van der Waals surface area contributed by atoms with E-state index in [0.717, 1.165) is 5.56 Å². The summed E-state index contributed by atoms with van der Waals surface area (Å²) in [6.45, 7) is -1.14. The average Bonchev–Trinajstić information content (AvgIpc) is 3.02. The zero-order valence-electron chi connectivity index (χ0n) is 14.5. The van der Waals surface area contributed by atoms with E-state index < -0.39 is 11.9 Å². The molecule has 0 amide bonds. The first-order valence-electron chi connectivity index (χ1n) is 8.01. The van der Waals surface area contributed by atoms with Gasteiger partial charge in [0.2, 0.25) is 0 Å². The highest BCUT2D eigenvalue weighted by atomic mass is 32.2. The van der Waals surface area contributed by atoms with Gasteiger partial charge in [-0.15, -0.1) is 10.2 Å². The van der Waals surface area contributed by atoms with Gasteiger partial charge in [0.1, 0.15) is 5.75 Å². The number of benzene rings is 1. The minimum Gasteiger partial charge on any atom is -0.435 e. The van der Waals surface area contributed by atoms with E-state index in [1.165, 1.54) is 36.0 Å². The van der Waals surface area contributed by atoms with Crippen LogP contribution in [-0.2, 0) is 7.05 Å². The zero-order chi connectivity index (χ0) is 19.4. The first-order chi connectivity index (χ1) is 13.0. The lowest BCUT2D eigenvalue weighted by Gasteiger charge is -2.11. The molecule has 27 heavy (non-hydrogen) atoms. The Morgan fingerprint density at radius 3 is 2.41 bits per heavy atom. The number of carbonyl (C=O) groups excluding carboxylic acids is 1. The van der Waals surface area contributed by atoms with E-state index in [-0.39, 0.29) is 11.5 Å². The summed E-state index contributed by atoms with van der Waals surface area (Å²) in [4.78, 5) is 16.6. The molecule has 0 radical (unpaired) electrons. The maximum atomic E-state index is 12.6. The van der Waals surface area contributed by atoms with E-state index in [4.69, 9.17) is 0 Å². The molecule has 2 heterocycles. The summed E-state index contributed by atoms with van der Waals surface area (Å²) >= 11 is 1.28. The molecule has 3 aromatic rings. The average molecular weight is 390 g/mol. The number of aromatic nitrogens is 4. The number of hydrogen-bond acceptors (Lipinski definition) is 6. The molecule has 1 aromatic carbocycles. The summed E-state index contributed by atoms with van der Waals surface area (Å²) in [5, 5.41) is 8.50. The molecule has 0 saturated carbocycles. The first-order valence-corrected chi connectivity index (χ1v) is 8.89. The summed E-state index contributed by atoms with van der Waals surface area (Å²) < 4.78 is 30.5. The Balaban J connectivity index is 1.71. The van der Waals surface area contributed by atoms with Gasteiger partial charge in [-0.1, -0.05) is 11.8 Å². The molecule has 0 spiro atoms. The normalized spacial score (nSPS) is 12.2. The van der Waals surface area contributed by atoms with Crippen molar-refractivity contribution in [3.8, 4) is 17.1 Å². The van der Waals surface area contributed by atoms with Gasteiger partial charge >= 0.3 is 6.61 Å². The second-order valence-corrected chi connectivity index (χ2v) is 6.94. The van der Waals surface area contributed by atoms with Gasteiger partial charge in [-0.3, -0.25) is 9.78 Å². The van der Waals surface area contributed by atoms with Crippen molar-refractivity contribution in [1.29, 1.82) is 0 Å². The third-order valence-electron chi connectivity index (χ3n) is 3.79. The number of ketones is 1. The zero-order valence-corrected chi connectivity index (χ0v) is 15.4. The van der Waals surface area contributed by atoms with Crippen LogP contribution in [0.4, 0.5) is 8.78 Å². The van der Waals surface area contributed by atoms with E-state index in [0.29, 0.717) is 16.5 Å². The van der Waals surface area contributed by atoms with Gasteiger partial charge in [-0.05, 0) is 43.3 Å². The standard InChI is InChI=1S/C18H16F2N4O2S/c1-11(15(25)12-3-5-14(6-4-12)26-17(19)20)27-18-23-22-16(24(18)2)13-7-9-21-10-8-13/h3-11,17H,1-2H3/t11-/m1/s1. The van der Waals surface area contributed by atoms with E-state index in [2.05, 4.69) is 19.9 Å². The molecule has 0 bridgehead atoms. The molecule has 0 aliphatic rings. The lowest BCUT2D eigenvalue weighted by atomic mass is 10.1. The molecular formula is C18H16F2N4O2S. The van der Waals surface area contributed by atoms with Crippen molar-refractivity contribution in [2.24, 2.45) is 7.05 Å². The Morgan fingerprint density at radius 2 is 1.78 bits per heavy atom. The molecule has 0 N–H and O–H groups in total. The molecule has 0 aliphatic carbocycles. The molecule has 6 nitrogen and oxygen atoms in total. The molecule has 0 aliphatic heterocycles. The van der Waals surface area contributed by atoms with Crippen LogP contribution in [0.2, 0.25) is 0 Å². The smallest absolute Gasteiger partial charge is 0.387 e.